The maximum absolute atomic E-state index is 10.7. The van der Waals surface area contributed by atoms with Crippen LogP contribution in [-0.4, -0.2) is 72.9 Å². The Morgan fingerprint density at radius 1 is 1.26 bits per heavy atom. The molecule has 7 nitrogen and oxygen atoms in total. The first-order valence-corrected chi connectivity index (χ1v) is 12.7. The lowest BCUT2D eigenvalue weighted by molar-refractivity contribution is 0.00858. The minimum Gasteiger partial charge on any atom is -0.389 e. The topological polar surface area (TPSA) is 71.2 Å². The third-order valence-corrected chi connectivity index (χ3v) is 6.76. The maximum Gasteiger partial charge on any atom is 0.232 e. The van der Waals surface area contributed by atoms with E-state index in [-0.39, 0.29) is 12.7 Å². The van der Waals surface area contributed by atoms with E-state index in [1.54, 1.807) is 6.08 Å². The van der Waals surface area contributed by atoms with Crippen molar-refractivity contribution in [2.45, 2.75) is 63.8 Å². The first-order chi connectivity index (χ1) is 16.7. The molecule has 0 bridgehead atoms. The molecule has 1 N–H and O–H groups in total. The van der Waals surface area contributed by atoms with Gasteiger partial charge in [0.25, 0.3) is 0 Å². The fourth-order valence-corrected chi connectivity index (χ4v) is 5.03. The van der Waals surface area contributed by atoms with Crippen molar-refractivity contribution in [1.29, 1.82) is 0 Å². The molecule has 186 valence electrons. The van der Waals surface area contributed by atoms with Gasteiger partial charge in [-0.1, -0.05) is 41.6 Å². The summed E-state index contributed by atoms with van der Waals surface area (Å²) in [6.07, 6.45) is 6.97. The van der Waals surface area contributed by atoms with Crippen LogP contribution in [0.3, 0.4) is 0 Å². The van der Waals surface area contributed by atoms with Gasteiger partial charge in [0.15, 0.2) is 0 Å². The summed E-state index contributed by atoms with van der Waals surface area (Å²) >= 11 is 0. The zero-order valence-corrected chi connectivity index (χ0v) is 20.4. The molecule has 0 saturated carbocycles. The number of aliphatic hydroxyl groups is 1. The van der Waals surface area contributed by atoms with Gasteiger partial charge in [0, 0.05) is 44.4 Å². The summed E-state index contributed by atoms with van der Waals surface area (Å²) in [6.45, 7) is 10.3. The predicted octanol–water partition coefficient (Wildman–Crippen LogP) is 4.26. The standard InChI is InChI=1S/C27H39N3O4/c1-3-15-32-20-23(31)17-29(18-24-13-9-16-33-24)19-25-26(22-11-5-4-6-12-22)28-34-27(25)30-14-8-7-10-21(30)2/h3-6,11-12,21,23-24,31H,1,7-10,13-20H2,2H3/t21-,23+,24-/m0/s1. The summed E-state index contributed by atoms with van der Waals surface area (Å²) in [4.78, 5) is 4.64. The number of nitrogens with zero attached hydrogens (tertiary/aromatic N) is 3. The lowest BCUT2D eigenvalue weighted by Crippen LogP contribution is -2.40. The van der Waals surface area contributed by atoms with Gasteiger partial charge in [0.1, 0.15) is 5.69 Å². The van der Waals surface area contributed by atoms with Gasteiger partial charge < -0.3 is 24.0 Å². The molecule has 0 unspecified atom stereocenters. The van der Waals surface area contributed by atoms with E-state index in [4.69, 9.17) is 14.0 Å². The number of aliphatic hydroxyl groups excluding tert-OH is 1. The van der Waals surface area contributed by atoms with Gasteiger partial charge >= 0.3 is 0 Å². The summed E-state index contributed by atoms with van der Waals surface area (Å²) in [5.41, 5.74) is 3.00. The van der Waals surface area contributed by atoms with Crippen LogP contribution in [-0.2, 0) is 16.0 Å². The van der Waals surface area contributed by atoms with Crippen LogP contribution < -0.4 is 4.90 Å². The summed E-state index contributed by atoms with van der Waals surface area (Å²) in [6, 6.07) is 10.6. The van der Waals surface area contributed by atoms with Crippen LogP contribution in [0.5, 0.6) is 0 Å². The average Bonchev–Trinajstić information content (AvgIpc) is 3.50. The SMILES string of the molecule is C=CCOC[C@H](O)CN(Cc1c(-c2ccccc2)noc1N1CCCC[C@@H]1C)C[C@@H]1CCCO1. The second-order valence-electron chi connectivity index (χ2n) is 9.53. The Morgan fingerprint density at radius 2 is 2.12 bits per heavy atom. The minimum absolute atomic E-state index is 0.179. The Labute approximate surface area is 203 Å². The normalized spacial score (nSPS) is 21.8. The molecular weight excluding hydrogens is 430 g/mol. The summed E-state index contributed by atoms with van der Waals surface area (Å²) in [7, 11) is 0. The maximum atomic E-state index is 10.7. The number of piperidine rings is 1. The van der Waals surface area contributed by atoms with Crippen LogP contribution in [0.4, 0.5) is 5.88 Å². The lowest BCUT2D eigenvalue weighted by atomic mass is 10.0. The van der Waals surface area contributed by atoms with Gasteiger partial charge in [-0.3, -0.25) is 4.90 Å². The van der Waals surface area contributed by atoms with Gasteiger partial charge in [-0.05, 0) is 39.0 Å². The molecule has 1 aromatic heterocycles. The van der Waals surface area contributed by atoms with Crippen molar-refractivity contribution in [2.24, 2.45) is 0 Å². The number of benzene rings is 1. The molecule has 3 heterocycles. The third kappa shape index (κ3) is 6.48. The second kappa shape index (κ2) is 12.5. The molecule has 0 amide bonds. The van der Waals surface area contributed by atoms with Gasteiger partial charge in [-0.2, -0.15) is 0 Å². The Kier molecular flexibility index (Phi) is 9.16. The van der Waals surface area contributed by atoms with Crippen LogP contribution in [0.15, 0.2) is 47.5 Å². The van der Waals surface area contributed by atoms with Crippen molar-refractivity contribution in [2.75, 3.05) is 44.4 Å². The summed E-state index contributed by atoms with van der Waals surface area (Å²) < 4.78 is 17.5. The molecule has 0 aliphatic carbocycles. The van der Waals surface area contributed by atoms with Crippen molar-refractivity contribution < 1.29 is 19.1 Å². The van der Waals surface area contributed by atoms with Crippen LogP contribution in [0.25, 0.3) is 11.3 Å². The number of hydrogen-bond donors (Lipinski definition) is 1. The van der Waals surface area contributed by atoms with E-state index in [9.17, 15) is 5.11 Å². The molecule has 7 heteroatoms. The highest BCUT2D eigenvalue weighted by Gasteiger charge is 2.30. The van der Waals surface area contributed by atoms with Crippen LogP contribution in [0.2, 0.25) is 0 Å². The van der Waals surface area contributed by atoms with E-state index in [1.807, 2.05) is 18.2 Å². The van der Waals surface area contributed by atoms with Crippen LogP contribution in [0.1, 0.15) is 44.6 Å². The molecule has 3 atom stereocenters. The number of rotatable bonds is 12. The summed E-state index contributed by atoms with van der Waals surface area (Å²) in [5, 5.41) is 15.3. The van der Waals surface area contributed by atoms with E-state index in [0.29, 0.717) is 25.7 Å². The molecule has 2 aliphatic heterocycles. The Hall–Kier alpha value is -2.19. The highest BCUT2D eigenvalue weighted by Crippen LogP contribution is 2.35. The van der Waals surface area contributed by atoms with Crippen molar-refractivity contribution in [3.8, 4) is 11.3 Å². The van der Waals surface area contributed by atoms with Crippen LogP contribution >= 0.6 is 0 Å². The highest BCUT2D eigenvalue weighted by molar-refractivity contribution is 5.68. The number of anilines is 1. The number of aromatic nitrogens is 1. The van der Waals surface area contributed by atoms with E-state index < -0.39 is 6.10 Å². The van der Waals surface area contributed by atoms with Crippen molar-refractivity contribution in [3.05, 3.63) is 48.6 Å². The monoisotopic (exact) mass is 469 g/mol. The largest absolute Gasteiger partial charge is 0.389 e. The second-order valence-corrected chi connectivity index (χ2v) is 9.53. The molecule has 0 spiro atoms. The number of hydrogen-bond acceptors (Lipinski definition) is 7. The Bertz CT molecular complexity index is 881. The quantitative estimate of drug-likeness (QED) is 0.368. The molecule has 2 aliphatic rings. The van der Waals surface area contributed by atoms with E-state index in [1.165, 1.54) is 6.42 Å². The molecule has 34 heavy (non-hydrogen) atoms. The van der Waals surface area contributed by atoms with E-state index in [0.717, 1.165) is 68.1 Å². The van der Waals surface area contributed by atoms with Crippen LogP contribution in [0, 0.1) is 0 Å². The third-order valence-electron chi connectivity index (χ3n) is 6.76. The zero-order chi connectivity index (χ0) is 23.8. The van der Waals surface area contributed by atoms with Gasteiger partial charge in [-0.15, -0.1) is 6.58 Å². The first kappa shape index (κ1) is 24.9. The fraction of sp³-hybridized carbons (Fsp3) is 0.593. The van der Waals surface area contributed by atoms with Crippen molar-refractivity contribution in [3.63, 3.8) is 0 Å². The highest BCUT2D eigenvalue weighted by atomic mass is 16.5. The predicted molar refractivity (Wildman–Crippen MR) is 134 cm³/mol. The molecule has 0 radical (unpaired) electrons. The van der Waals surface area contributed by atoms with E-state index in [2.05, 4.69) is 40.6 Å². The van der Waals surface area contributed by atoms with Crippen molar-refractivity contribution in [1.82, 2.24) is 10.1 Å². The zero-order valence-electron chi connectivity index (χ0n) is 20.4. The average molecular weight is 470 g/mol. The number of ether oxygens (including phenoxy) is 2. The minimum atomic E-state index is -0.598. The van der Waals surface area contributed by atoms with Crippen molar-refractivity contribution >= 4 is 5.88 Å². The first-order valence-electron chi connectivity index (χ1n) is 12.7. The molecular formula is C27H39N3O4. The Balaban J connectivity index is 1.61. The molecule has 2 fully saturated rings. The molecule has 2 aromatic rings. The van der Waals surface area contributed by atoms with Gasteiger partial charge in [0.2, 0.25) is 5.88 Å². The smallest absolute Gasteiger partial charge is 0.232 e. The molecule has 1 aromatic carbocycles. The molecule has 2 saturated heterocycles. The van der Waals surface area contributed by atoms with E-state index >= 15 is 0 Å². The Morgan fingerprint density at radius 3 is 2.85 bits per heavy atom. The fourth-order valence-electron chi connectivity index (χ4n) is 5.03. The lowest BCUT2D eigenvalue weighted by Gasteiger charge is -2.34. The van der Waals surface area contributed by atoms with Gasteiger partial charge in [-0.25, -0.2) is 0 Å². The summed E-state index contributed by atoms with van der Waals surface area (Å²) in [5.74, 6) is 0.862. The molecule has 4 rings (SSSR count). The van der Waals surface area contributed by atoms with Gasteiger partial charge in [0.05, 0.1) is 31.0 Å².